The van der Waals surface area contributed by atoms with Crippen LogP contribution in [0.15, 0.2) is 48.5 Å². The van der Waals surface area contributed by atoms with Crippen LogP contribution in [0.4, 0.5) is 5.69 Å². The molecule has 0 heterocycles. The summed E-state index contributed by atoms with van der Waals surface area (Å²) in [6.45, 7) is 0. The highest BCUT2D eigenvalue weighted by atomic mass is 35.5. The number of benzene rings is 2. The normalized spacial score (nSPS) is 10.0. The third-order valence-corrected chi connectivity index (χ3v) is 3.41. The van der Waals surface area contributed by atoms with Crippen molar-refractivity contribution >= 4 is 29.1 Å². The number of amides is 2. The zero-order valence-corrected chi connectivity index (χ0v) is 13.2. The fourth-order valence-corrected chi connectivity index (χ4v) is 2.15. The molecule has 2 rings (SSSR count). The van der Waals surface area contributed by atoms with Crippen LogP contribution in [0.1, 0.15) is 11.1 Å². The number of hydrogen-bond donors (Lipinski definition) is 2. The first kappa shape index (κ1) is 17.4. The monoisotopic (exact) mass is 347 g/mol. The Morgan fingerprint density at radius 3 is 2.17 bits per heavy atom. The quantitative estimate of drug-likeness (QED) is 0.639. The average molecular weight is 348 g/mol. The highest BCUT2D eigenvalue weighted by molar-refractivity contribution is 6.30. The van der Waals surface area contributed by atoms with E-state index < -0.39 is 16.7 Å². The fraction of sp³-hybridized carbons (Fsp3) is 0.125. The molecule has 2 aromatic rings. The number of rotatable bonds is 5. The molecule has 0 saturated carbocycles. The molecule has 0 spiro atoms. The van der Waals surface area contributed by atoms with Gasteiger partial charge in [-0.2, -0.15) is 0 Å². The van der Waals surface area contributed by atoms with Crippen molar-refractivity contribution in [2.45, 2.75) is 12.8 Å². The van der Waals surface area contributed by atoms with Crippen LogP contribution in [0.25, 0.3) is 0 Å². The van der Waals surface area contributed by atoms with Crippen LogP contribution >= 0.6 is 11.6 Å². The number of halogens is 1. The predicted octanol–water partition coefficient (Wildman–Crippen LogP) is 2.18. The van der Waals surface area contributed by atoms with Gasteiger partial charge in [0.1, 0.15) is 0 Å². The van der Waals surface area contributed by atoms with Gasteiger partial charge >= 0.3 is 0 Å². The van der Waals surface area contributed by atoms with Gasteiger partial charge in [-0.1, -0.05) is 41.9 Å². The number of nitro groups is 1. The number of nitrogens with zero attached hydrogens (tertiary/aromatic N) is 1. The minimum absolute atomic E-state index is 0.0724. The van der Waals surface area contributed by atoms with Crippen LogP contribution in [0.5, 0.6) is 0 Å². The first-order valence-electron chi connectivity index (χ1n) is 7.00. The summed E-state index contributed by atoms with van der Waals surface area (Å²) in [6.07, 6.45) is -0.138. The Hall–Kier alpha value is -2.93. The van der Waals surface area contributed by atoms with E-state index in [9.17, 15) is 19.7 Å². The smallest absolute Gasteiger partial charge is 0.273 e. The Labute approximate surface area is 142 Å². The van der Waals surface area contributed by atoms with Crippen molar-refractivity contribution in [1.29, 1.82) is 0 Å². The van der Waals surface area contributed by atoms with Gasteiger partial charge in [0, 0.05) is 16.7 Å². The Balaban J connectivity index is 1.86. The van der Waals surface area contributed by atoms with Gasteiger partial charge in [-0.05, 0) is 17.7 Å². The summed E-state index contributed by atoms with van der Waals surface area (Å²) < 4.78 is 0. The number of hydrazine groups is 1. The van der Waals surface area contributed by atoms with Crippen LogP contribution in [0, 0.1) is 10.1 Å². The lowest BCUT2D eigenvalue weighted by Gasteiger charge is -2.08. The topological polar surface area (TPSA) is 101 Å². The molecule has 0 bridgehead atoms. The van der Waals surface area contributed by atoms with E-state index in [4.69, 9.17) is 11.6 Å². The first-order chi connectivity index (χ1) is 11.5. The van der Waals surface area contributed by atoms with E-state index in [2.05, 4.69) is 10.9 Å². The van der Waals surface area contributed by atoms with Crippen LogP contribution in [0.2, 0.25) is 5.02 Å². The maximum atomic E-state index is 11.8. The molecule has 2 amide bonds. The van der Waals surface area contributed by atoms with Gasteiger partial charge in [-0.25, -0.2) is 0 Å². The molecule has 124 valence electrons. The van der Waals surface area contributed by atoms with Crippen LogP contribution in [-0.2, 0) is 22.4 Å². The molecular weight excluding hydrogens is 334 g/mol. The molecule has 2 aromatic carbocycles. The van der Waals surface area contributed by atoms with Crippen LogP contribution in [0.3, 0.4) is 0 Å². The molecule has 7 nitrogen and oxygen atoms in total. The second-order valence-electron chi connectivity index (χ2n) is 4.96. The number of para-hydroxylation sites is 1. The summed E-state index contributed by atoms with van der Waals surface area (Å²) in [5.74, 6) is -0.956. The number of carbonyl (C=O) groups is 2. The molecule has 0 fully saturated rings. The van der Waals surface area contributed by atoms with E-state index in [1.165, 1.54) is 18.2 Å². The van der Waals surface area contributed by atoms with E-state index in [1.54, 1.807) is 30.3 Å². The highest BCUT2D eigenvalue weighted by Gasteiger charge is 2.15. The maximum Gasteiger partial charge on any atom is 0.273 e. The van der Waals surface area contributed by atoms with Crippen molar-refractivity contribution in [3.63, 3.8) is 0 Å². The fourth-order valence-electron chi connectivity index (χ4n) is 2.03. The lowest BCUT2D eigenvalue weighted by atomic mass is 10.1. The van der Waals surface area contributed by atoms with Gasteiger partial charge in [0.05, 0.1) is 17.8 Å². The molecule has 0 aromatic heterocycles. The zero-order valence-electron chi connectivity index (χ0n) is 12.5. The van der Waals surface area contributed by atoms with E-state index >= 15 is 0 Å². The summed E-state index contributed by atoms with van der Waals surface area (Å²) in [7, 11) is 0. The molecular formula is C16H14ClN3O4. The second-order valence-corrected chi connectivity index (χ2v) is 5.40. The molecule has 0 aliphatic rings. The predicted molar refractivity (Wildman–Crippen MR) is 88.2 cm³/mol. The van der Waals surface area contributed by atoms with Crippen molar-refractivity contribution in [3.05, 3.63) is 74.8 Å². The standard InChI is InChI=1S/C16H14ClN3O4/c17-13-7-5-11(6-8-13)9-15(21)18-19-16(22)10-12-3-1-2-4-14(12)20(23)24/h1-8H,9-10H2,(H,18,21)(H,19,22). The number of carbonyl (C=O) groups excluding carboxylic acids is 2. The van der Waals surface area contributed by atoms with Crippen molar-refractivity contribution in [2.75, 3.05) is 0 Å². The Kier molecular flexibility index (Phi) is 5.86. The molecule has 0 atom stereocenters. The molecule has 0 aliphatic heterocycles. The van der Waals surface area contributed by atoms with E-state index in [0.29, 0.717) is 5.02 Å². The maximum absolute atomic E-state index is 11.8. The van der Waals surface area contributed by atoms with E-state index in [0.717, 1.165) is 5.56 Å². The highest BCUT2D eigenvalue weighted by Crippen LogP contribution is 2.17. The van der Waals surface area contributed by atoms with Gasteiger partial charge in [0.2, 0.25) is 11.8 Å². The van der Waals surface area contributed by atoms with Crippen molar-refractivity contribution in [1.82, 2.24) is 10.9 Å². The van der Waals surface area contributed by atoms with Gasteiger partial charge < -0.3 is 0 Å². The number of nitrogens with one attached hydrogen (secondary N) is 2. The summed E-state index contributed by atoms with van der Waals surface area (Å²) in [5, 5.41) is 11.5. The summed E-state index contributed by atoms with van der Waals surface area (Å²) in [4.78, 5) is 33.9. The van der Waals surface area contributed by atoms with Gasteiger partial charge in [-0.15, -0.1) is 0 Å². The third kappa shape index (κ3) is 5.06. The first-order valence-corrected chi connectivity index (χ1v) is 7.38. The Morgan fingerprint density at radius 2 is 1.54 bits per heavy atom. The minimum Gasteiger partial charge on any atom is -0.273 e. The lowest BCUT2D eigenvalue weighted by Crippen LogP contribution is -2.43. The largest absolute Gasteiger partial charge is 0.273 e. The Bertz CT molecular complexity index is 762. The van der Waals surface area contributed by atoms with Crippen molar-refractivity contribution in [3.8, 4) is 0 Å². The zero-order chi connectivity index (χ0) is 17.5. The average Bonchev–Trinajstić information content (AvgIpc) is 2.55. The van der Waals surface area contributed by atoms with Gasteiger partial charge in [-0.3, -0.25) is 30.6 Å². The van der Waals surface area contributed by atoms with E-state index in [1.807, 2.05) is 0 Å². The molecule has 0 saturated heterocycles. The van der Waals surface area contributed by atoms with Crippen LogP contribution in [-0.4, -0.2) is 16.7 Å². The summed E-state index contributed by atoms with van der Waals surface area (Å²) in [5.41, 5.74) is 5.39. The molecule has 0 unspecified atom stereocenters. The van der Waals surface area contributed by atoms with Crippen molar-refractivity contribution in [2.24, 2.45) is 0 Å². The Morgan fingerprint density at radius 1 is 0.958 bits per heavy atom. The molecule has 24 heavy (non-hydrogen) atoms. The van der Waals surface area contributed by atoms with Crippen LogP contribution < -0.4 is 10.9 Å². The molecule has 8 heteroatoms. The molecule has 0 radical (unpaired) electrons. The third-order valence-electron chi connectivity index (χ3n) is 3.16. The van der Waals surface area contributed by atoms with Crippen molar-refractivity contribution < 1.29 is 14.5 Å². The summed E-state index contributed by atoms with van der Waals surface area (Å²) in [6, 6.07) is 12.7. The molecule has 2 N–H and O–H groups in total. The second kappa shape index (κ2) is 8.07. The number of hydrogen-bond acceptors (Lipinski definition) is 4. The van der Waals surface area contributed by atoms with E-state index in [-0.39, 0.29) is 24.1 Å². The SMILES string of the molecule is O=C(Cc1ccc(Cl)cc1)NNC(=O)Cc1ccccc1[N+](=O)[O-]. The summed E-state index contributed by atoms with van der Waals surface area (Å²) >= 11 is 5.76. The van der Waals surface area contributed by atoms with Gasteiger partial charge in [0.25, 0.3) is 5.69 Å². The number of nitro benzene ring substituents is 1. The molecule has 0 aliphatic carbocycles. The minimum atomic E-state index is -0.554. The lowest BCUT2D eigenvalue weighted by molar-refractivity contribution is -0.385. The van der Waals surface area contributed by atoms with Gasteiger partial charge in [0.15, 0.2) is 0 Å².